The summed E-state index contributed by atoms with van der Waals surface area (Å²) >= 11 is 0. The van der Waals surface area contributed by atoms with E-state index in [2.05, 4.69) is 27.0 Å². The van der Waals surface area contributed by atoms with Crippen molar-refractivity contribution in [1.82, 2.24) is 14.9 Å². The van der Waals surface area contributed by atoms with Crippen LogP contribution in [0.4, 0.5) is 4.39 Å². The Morgan fingerprint density at radius 3 is 2.81 bits per heavy atom. The quantitative estimate of drug-likeness (QED) is 0.518. The van der Waals surface area contributed by atoms with Crippen molar-refractivity contribution in [2.24, 2.45) is 5.92 Å². The van der Waals surface area contributed by atoms with Gasteiger partial charge in [-0.15, -0.1) is 0 Å². The maximum Gasteiger partial charge on any atom is 0.223 e. The third kappa shape index (κ3) is 3.96. The van der Waals surface area contributed by atoms with Crippen LogP contribution >= 0.6 is 0 Å². The monoisotopic (exact) mass is 413 g/mol. The number of carbonyl (C=O) groups excluding carboxylic acids is 1. The molecule has 0 aliphatic heterocycles. The number of para-hydroxylation sites is 1. The van der Waals surface area contributed by atoms with Crippen LogP contribution in [0.5, 0.6) is 0 Å². The molecule has 5 heteroatoms. The van der Waals surface area contributed by atoms with Crippen LogP contribution in [0.3, 0.4) is 0 Å². The molecule has 5 rings (SSSR count). The van der Waals surface area contributed by atoms with Crippen LogP contribution in [0, 0.1) is 11.7 Å². The van der Waals surface area contributed by atoms with Gasteiger partial charge in [-0.2, -0.15) is 0 Å². The summed E-state index contributed by atoms with van der Waals surface area (Å²) in [4.78, 5) is 17.0. The molecule has 0 spiro atoms. The molecule has 1 atom stereocenters. The van der Waals surface area contributed by atoms with E-state index in [1.54, 1.807) is 24.5 Å². The van der Waals surface area contributed by atoms with Gasteiger partial charge in [-0.1, -0.05) is 36.4 Å². The Hall–Kier alpha value is -3.47. The summed E-state index contributed by atoms with van der Waals surface area (Å²) < 4.78 is 16.0. The fourth-order valence-corrected chi connectivity index (χ4v) is 4.66. The Morgan fingerprint density at radius 1 is 1.10 bits per heavy atom. The van der Waals surface area contributed by atoms with E-state index in [1.165, 1.54) is 22.7 Å². The highest BCUT2D eigenvalue weighted by atomic mass is 19.1. The molecule has 0 saturated heterocycles. The number of fused-ring (bicyclic) bond motifs is 3. The first kappa shape index (κ1) is 19.5. The smallest absolute Gasteiger partial charge is 0.223 e. The molecule has 156 valence electrons. The summed E-state index contributed by atoms with van der Waals surface area (Å²) in [5, 5.41) is 4.27. The van der Waals surface area contributed by atoms with Gasteiger partial charge in [0.2, 0.25) is 5.91 Å². The van der Waals surface area contributed by atoms with Crippen molar-refractivity contribution in [3.63, 3.8) is 0 Å². The number of halogens is 1. The predicted molar refractivity (Wildman–Crippen MR) is 119 cm³/mol. The second-order valence-corrected chi connectivity index (χ2v) is 8.18. The van der Waals surface area contributed by atoms with Crippen molar-refractivity contribution in [1.29, 1.82) is 0 Å². The van der Waals surface area contributed by atoms with Crippen LogP contribution in [0.25, 0.3) is 10.9 Å². The molecule has 2 aromatic carbocycles. The van der Waals surface area contributed by atoms with Gasteiger partial charge in [0.15, 0.2) is 0 Å². The van der Waals surface area contributed by atoms with Gasteiger partial charge in [0.05, 0.1) is 0 Å². The molecule has 0 fully saturated rings. The molecule has 0 saturated carbocycles. The van der Waals surface area contributed by atoms with Gasteiger partial charge in [-0.05, 0) is 60.2 Å². The lowest BCUT2D eigenvalue weighted by Crippen LogP contribution is -2.34. The van der Waals surface area contributed by atoms with E-state index in [0.29, 0.717) is 13.1 Å². The van der Waals surface area contributed by atoms with E-state index in [-0.39, 0.29) is 17.6 Å². The van der Waals surface area contributed by atoms with Crippen molar-refractivity contribution in [3.8, 4) is 0 Å². The topological polar surface area (TPSA) is 46.9 Å². The van der Waals surface area contributed by atoms with Crippen molar-refractivity contribution in [3.05, 3.63) is 101 Å². The van der Waals surface area contributed by atoms with Crippen LogP contribution in [0.2, 0.25) is 0 Å². The van der Waals surface area contributed by atoms with E-state index < -0.39 is 0 Å². The van der Waals surface area contributed by atoms with E-state index in [9.17, 15) is 9.18 Å². The lowest BCUT2D eigenvalue weighted by atomic mass is 9.85. The predicted octanol–water partition coefficient (Wildman–Crippen LogP) is 4.65. The van der Waals surface area contributed by atoms with Crippen molar-refractivity contribution >= 4 is 16.8 Å². The van der Waals surface area contributed by atoms with E-state index in [1.807, 2.05) is 30.3 Å². The van der Waals surface area contributed by atoms with E-state index in [0.717, 1.165) is 35.9 Å². The zero-order valence-corrected chi connectivity index (χ0v) is 17.2. The summed E-state index contributed by atoms with van der Waals surface area (Å²) in [7, 11) is 0. The largest absolute Gasteiger partial charge is 0.352 e. The Balaban J connectivity index is 1.40. The molecule has 2 heterocycles. The molecule has 1 aliphatic carbocycles. The minimum absolute atomic E-state index is 0.0439. The number of benzene rings is 2. The molecular weight excluding hydrogens is 389 g/mol. The van der Waals surface area contributed by atoms with Gasteiger partial charge in [0, 0.05) is 48.0 Å². The van der Waals surface area contributed by atoms with Gasteiger partial charge in [-0.3, -0.25) is 9.78 Å². The molecule has 2 aromatic heterocycles. The summed E-state index contributed by atoms with van der Waals surface area (Å²) in [5.41, 5.74) is 5.61. The van der Waals surface area contributed by atoms with Crippen LogP contribution in [-0.2, 0) is 30.7 Å². The van der Waals surface area contributed by atoms with Crippen LogP contribution < -0.4 is 5.32 Å². The van der Waals surface area contributed by atoms with Crippen LogP contribution in [-0.4, -0.2) is 15.5 Å². The first-order valence-corrected chi connectivity index (χ1v) is 10.7. The van der Waals surface area contributed by atoms with Gasteiger partial charge in [0.1, 0.15) is 5.82 Å². The van der Waals surface area contributed by atoms with Crippen molar-refractivity contribution < 1.29 is 9.18 Å². The second-order valence-electron chi connectivity index (χ2n) is 8.18. The highest BCUT2D eigenvalue weighted by molar-refractivity contribution is 5.87. The molecule has 31 heavy (non-hydrogen) atoms. The first-order valence-electron chi connectivity index (χ1n) is 10.7. The Bertz CT molecular complexity index is 1230. The molecule has 0 bridgehead atoms. The summed E-state index contributed by atoms with van der Waals surface area (Å²) in [6.07, 6.45) is 5.88. The molecule has 1 N–H and O–H groups in total. The normalized spacial score (nSPS) is 15.6. The van der Waals surface area contributed by atoms with Gasteiger partial charge in [0.25, 0.3) is 0 Å². The molecule has 1 aliphatic rings. The number of rotatable bonds is 5. The number of pyridine rings is 1. The van der Waals surface area contributed by atoms with Gasteiger partial charge >= 0.3 is 0 Å². The van der Waals surface area contributed by atoms with Crippen LogP contribution in [0.1, 0.15) is 28.8 Å². The lowest BCUT2D eigenvalue weighted by molar-refractivity contribution is -0.125. The SMILES string of the molecule is O=C(NCc1cccnc1)C1CCc2c(c3ccccc3n2Cc2cccc(F)c2)C1. The summed E-state index contributed by atoms with van der Waals surface area (Å²) in [5.74, 6) is -0.165. The first-order chi connectivity index (χ1) is 15.2. The number of hydrogen-bond donors (Lipinski definition) is 1. The molecule has 1 amide bonds. The van der Waals surface area contributed by atoms with Gasteiger partial charge in [-0.25, -0.2) is 4.39 Å². The minimum atomic E-state index is -0.215. The maximum absolute atomic E-state index is 13.7. The number of nitrogens with one attached hydrogen (secondary N) is 1. The zero-order valence-electron chi connectivity index (χ0n) is 17.2. The molecule has 4 aromatic rings. The Morgan fingerprint density at radius 2 is 1.97 bits per heavy atom. The average molecular weight is 413 g/mol. The molecule has 0 radical (unpaired) electrons. The van der Waals surface area contributed by atoms with Gasteiger partial charge < -0.3 is 9.88 Å². The Kier molecular flexibility index (Phi) is 5.24. The third-order valence-corrected chi connectivity index (χ3v) is 6.16. The average Bonchev–Trinajstić information content (AvgIpc) is 3.11. The molecule has 4 nitrogen and oxygen atoms in total. The lowest BCUT2D eigenvalue weighted by Gasteiger charge is -2.23. The van der Waals surface area contributed by atoms with E-state index in [4.69, 9.17) is 0 Å². The third-order valence-electron chi connectivity index (χ3n) is 6.16. The van der Waals surface area contributed by atoms with Crippen LogP contribution in [0.15, 0.2) is 73.1 Å². The minimum Gasteiger partial charge on any atom is -0.352 e. The fourth-order valence-electron chi connectivity index (χ4n) is 4.66. The number of amides is 1. The Labute approximate surface area is 180 Å². The molecule has 1 unspecified atom stereocenters. The molecular formula is C26H24FN3O. The summed E-state index contributed by atoms with van der Waals surface area (Å²) in [6, 6.07) is 19.0. The number of carbonyl (C=O) groups is 1. The number of nitrogens with zero attached hydrogens (tertiary/aromatic N) is 2. The standard InChI is InChI=1S/C26H24FN3O/c27-21-7-3-5-18(13-21)17-30-24-9-2-1-8-22(24)23-14-20(10-11-25(23)30)26(31)29-16-19-6-4-12-28-15-19/h1-9,12-13,15,20H,10-11,14,16-17H2,(H,29,31). The fraction of sp³-hybridized carbons (Fsp3) is 0.231. The highest BCUT2D eigenvalue weighted by Crippen LogP contribution is 2.35. The number of aromatic nitrogens is 2. The second kappa shape index (κ2) is 8.34. The highest BCUT2D eigenvalue weighted by Gasteiger charge is 2.29. The number of hydrogen-bond acceptors (Lipinski definition) is 2. The van der Waals surface area contributed by atoms with E-state index >= 15 is 0 Å². The summed E-state index contributed by atoms with van der Waals surface area (Å²) in [6.45, 7) is 1.13. The van der Waals surface area contributed by atoms with Crippen molar-refractivity contribution in [2.45, 2.75) is 32.4 Å². The zero-order chi connectivity index (χ0) is 21.2. The van der Waals surface area contributed by atoms with Crippen molar-refractivity contribution in [2.75, 3.05) is 0 Å². The maximum atomic E-state index is 13.7.